The molecular formula is C16H10O6. The third-order valence-electron chi connectivity index (χ3n) is 3.23. The topological polar surface area (TPSA) is 108 Å². The molecule has 0 aliphatic carbocycles. The Morgan fingerprint density at radius 3 is 2.32 bits per heavy atom. The number of carbonyl (C=O) groups is 2. The van der Waals surface area contributed by atoms with E-state index < -0.39 is 23.0 Å². The van der Waals surface area contributed by atoms with Gasteiger partial charge >= 0.3 is 0 Å². The summed E-state index contributed by atoms with van der Waals surface area (Å²) in [4.78, 5) is 23.1. The number of fused-ring (bicyclic) bond motifs is 1. The van der Waals surface area contributed by atoms with Gasteiger partial charge in [0.15, 0.2) is 23.0 Å². The molecule has 0 fully saturated rings. The van der Waals surface area contributed by atoms with E-state index in [0.717, 1.165) is 12.1 Å². The molecule has 0 unspecified atom stereocenters. The van der Waals surface area contributed by atoms with Gasteiger partial charge in [0.05, 0.1) is 0 Å². The van der Waals surface area contributed by atoms with Gasteiger partial charge in [0.1, 0.15) is 11.9 Å². The van der Waals surface area contributed by atoms with Gasteiger partial charge in [-0.05, 0) is 36.4 Å². The second-order valence-corrected chi connectivity index (χ2v) is 4.72. The zero-order valence-electron chi connectivity index (χ0n) is 11.1. The molecule has 3 aromatic rings. The quantitative estimate of drug-likeness (QED) is 0.389. The molecule has 0 radical (unpaired) electrons. The van der Waals surface area contributed by atoms with Crippen LogP contribution in [-0.4, -0.2) is 27.4 Å². The van der Waals surface area contributed by atoms with Crippen molar-refractivity contribution in [2.45, 2.75) is 0 Å². The molecule has 0 saturated carbocycles. The van der Waals surface area contributed by atoms with E-state index in [2.05, 4.69) is 0 Å². The number of phenolic OH excluding ortho intramolecular Hbond substituents is 3. The van der Waals surface area contributed by atoms with Crippen LogP contribution in [0.4, 0.5) is 0 Å². The fourth-order valence-corrected chi connectivity index (χ4v) is 2.12. The third-order valence-corrected chi connectivity index (χ3v) is 3.23. The average Bonchev–Trinajstić information content (AvgIpc) is 2.94. The molecule has 110 valence electrons. The van der Waals surface area contributed by atoms with E-state index in [1.54, 1.807) is 18.2 Å². The van der Waals surface area contributed by atoms with Crippen molar-refractivity contribution < 1.29 is 29.3 Å². The Labute approximate surface area is 123 Å². The summed E-state index contributed by atoms with van der Waals surface area (Å²) in [5.74, 6) is -2.50. The van der Waals surface area contributed by atoms with Crippen LogP contribution in [0.15, 0.2) is 40.8 Å². The molecule has 3 rings (SSSR count). The summed E-state index contributed by atoms with van der Waals surface area (Å²) in [5, 5.41) is 28.8. The molecule has 0 saturated heterocycles. The summed E-state index contributed by atoms with van der Waals surface area (Å²) in [6.07, 6.45) is 0.685. The van der Waals surface area contributed by atoms with E-state index in [0.29, 0.717) is 22.8 Å². The molecule has 6 nitrogen and oxygen atoms in total. The lowest BCUT2D eigenvalue weighted by Gasteiger charge is -2.03. The molecular weight excluding hydrogens is 288 g/mol. The summed E-state index contributed by atoms with van der Waals surface area (Å²) >= 11 is 0. The number of aromatic hydroxyl groups is 3. The Bertz CT molecular complexity index is 883. The van der Waals surface area contributed by atoms with E-state index in [1.165, 1.54) is 6.07 Å². The molecule has 0 aliphatic heterocycles. The highest BCUT2D eigenvalue weighted by Crippen LogP contribution is 2.36. The van der Waals surface area contributed by atoms with Crippen molar-refractivity contribution in [1.29, 1.82) is 0 Å². The number of hydrogen-bond acceptors (Lipinski definition) is 6. The molecule has 6 heteroatoms. The lowest BCUT2D eigenvalue weighted by Crippen LogP contribution is -1.99. The van der Waals surface area contributed by atoms with Gasteiger partial charge in [0.25, 0.3) is 0 Å². The lowest BCUT2D eigenvalue weighted by atomic mass is 10.1. The van der Waals surface area contributed by atoms with E-state index in [1.807, 2.05) is 0 Å². The van der Waals surface area contributed by atoms with Gasteiger partial charge in [-0.25, -0.2) is 0 Å². The van der Waals surface area contributed by atoms with Crippen molar-refractivity contribution in [3.8, 4) is 17.2 Å². The minimum Gasteiger partial charge on any atom is -0.504 e. The third kappa shape index (κ3) is 2.16. The summed E-state index contributed by atoms with van der Waals surface area (Å²) in [7, 11) is 0. The van der Waals surface area contributed by atoms with Crippen molar-refractivity contribution in [2.75, 3.05) is 0 Å². The fourth-order valence-electron chi connectivity index (χ4n) is 2.12. The zero-order valence-corrected chi connectivity index (χ0v) is 11.1. The molecule has 0 aliphatic rings. The molecule has 0 amide bonds. The number of carbonyl (C=O) groups excluding carboxylic acids is 2. The molecule has 22 heavy (non-hydrogen) atoms. The van der Waals surface area contributed by atoms with E-state index in [4.69, 9.17) is 4.42 Å². The average molecular weight is 298 g/mol. The van der Waals surface area contributed by atoms with Gasteiger partial charge in [-0.2, -0.15) is 0 Å². The van der Waals surface area contributed by atoms with Crippen molar-refractivity contribution in [1.82, 2.24) is 0 Å². The van der Waals surface area contributed by atoms with Crippen LogP contribution in [-0.2, 0) is 0 Å². The Kier molecular flexibility index (Phi) is 3.06. The van der Waals surface area contributed by atoms with Gasteiger partial charge in [0, 0.05) is 16.5 Å². The number of benzene rings is 2. The summed E-state index contributed by atoms with van der Waals surface area (Å²) < 4.78 is 5.40. The first-order valence-electron chi connectivity index (χ1n) is 6.28. The van der Waals surface area contributed by atoms with Gasteiger partial charge < -0.3 is 19.7 Å². The molecule has 1 aromatic heterocycles. The normalized spacial score (nSPS) is 10.7. The Morgan fingerprint density at radius 2 is 1.68 bits per heavy atom. The highest BCUT2D eigenvalue weighted by Gasteiger charge is 2.18. The second-order valence-electron chi connectivity index (χ2n) is 4.72. The zero-order chi connectivity index (χ0) is 15.9. The minimum absolute atomic E-state index is 0.0115. The van der Waals surface area contributed by atoms with Crippen LogP contribution in [0, 0.1) is 0 Å². The van der Waals surface area contributed by atoms with Crippen molar-refractivity contribution in [2.24, 2.45) is 0 Å². The maximum atomic E-state index is 12.3. The number of aldehydes is 1. The van der Waals surface area contributed by atoms with Crippen LogP contribution in [0.2, 0.25) is 0 Å². The summed E-state index contributed by atoms with van der Waals surface area (Å²) in [5.41, 5.74) is 0.843. The predicted molar refractivity (Wildman–Crippen MR) is 76.5 cm³/mol. The summed E-state index contributed by atoms with van der Waals surface area (Å²) in [6.45, 7) is 0. The number of rotatable bonds is 3. The minimum atomic E-state index is -0.697. The maximum absolute atomic E-state index is 12.3. The number of furan rings is 1. The fraction of sp³-hybridized carbons (Fsp3) is 0. The van der Waals surface area contributed by atoms with Gasteiger partial charge in [-0.3, -0.25) is 9.59 Å². The van der Waals surface area contributed by atoms with Crippen LogP contribution in [0.1, 0.15) is 26.5 Å². The van der Waals surface area contributed by atoms with Crippen LogP contribution in [0.25, 0.3) is 11.0 Å². The first-order chi connectivity index (χ1) is 10.5. The standard InChI is InChI=1S/C16H10O6/c17-7-8-1-2-13-9(3-8)6-14(22-13)15(20)10-4-11(18)16(21)12(19)5-10/h1-7,18-19,21H. The Balaban J connectivity index is 2.07. The number of phenols is 3. The van der Waals surface area contributed by atoms with Crippen molar-refractivity contribution in [3.63, 3.8) is 0 Å². The van der Waals surface area contributed by atoms with E-state index >= 15 is 0 Å². The van der Waals surface area contributed by atoms with Crippen LogP contribution < -0.4 is 0 Å². The van der Waals surface area contributed by atoms with Gasteiger partial charge in [0.2, 0.25) is 5.78 Å². The monoisotopic (exact) mass is 298 g/mol. The van der Waals surface area contributed by atoms with E-state index in [-0.39, 0.29) is 11.3 Å². The maximum Gasteiger partial charge on any atom is 0.228 e. The summed E-state index contributed by atoms with van der Waals surface area (Å²) in [6, 6.07) is 8.23. The highest BCUT2D eigenvalue weighted by atomic mass is 16.3. The van der Waals surface area contributed by atoms with Crippen molar-refractivity contribution >= 4 is 23.0 Å². The number of ketones is 1. The Morgan fingerprint density at radius 1 is 1.00 bits per heavy atom. The molecule has 0 spiro atoms. The molecule has 1 heterocycles. The van der Waals surface area contributed by atoms with Crippen molar-refractivity contribution in [3.05, 3.63) is 53.3 Å². The molecule has 0 atom stereocenters. The first-order valence-corrected chi connectivity index (χ1v) is 6.28. The van der Waals surface area contributed by atoms with Crippen LogP contribution in [0.3, 0.4) is 0 Å². The Hall–Kier alpha value is -3.28. The highest BCUT2D eigenvalue weighted by molar-refractivity contribution is 6.09. The molecule has 3 N–H and O–H groups in total. The smallest absolute Gasteiger partial charge is 0.228 e. The lowest BCUT2D eigenvalue weighted by molar-refractivity contribution is 0.101. The van der Waals surface area contributed by atoms with Crippen LogP contribution in [0.5, 0.6) is 17.2 Å². The van der Waals surface area contributed by atoms with Gasteiger partial charge in [-0.15, -0.1) is 0 Å². The second kappa shape index (κ2) is 4.92. The SMILES string of the molecule is O=Cc1ccc2oc(C(=O)c3cc(O)c(O)c(O)c3)cc2c1. The van der Waals surface area contributed by atoms with Gasteiger partial charge in [-0.1, -0.05) is 0 Å². The van der Waals surface area contributed by atoms with E-state index in [9.17, 15) is 24.9 Å². The first kappa shape index (κ1) is 13.7. The largest absolute Gasteiger partial charge is 0.504 e. The molecule has 2 aromatic carbocycles. The predicted octanol–water partition coefficient (Wildman–Crippen LogP) is 2.59. The number of hydrogen-bond donors (Lipinski definition) is 3. The van der Waals surface area contributed by atoms with Crippen LogP contribution >= 0.6 is 0 Å². The molecule has 0 bridgehead atoms.